The van der Waals surface area contributed by atoms with E-state index in [1.165, 1.54) is 6.42 Å². The summed E-state index contributed by atoms with van der Waals surface area (Å²) >= 11 is 0. The van der Waals surface area contributed by atoms with Crippen LogP contribution >= 0.6 is 0 Å². The van der Waals surface area contributed by atoms with Gasteiger partial charge in [-0.25, -0.2) is 4.98 Å². The number of hydrogen-bond donors (Lipinski definition) is 1. The summed E-state index contributed by atoms with van der Waals surface area (Å²) in [5.74, 6) is 0.876. The number of pyridine rings is 1. The van der Waals surface area contributed by atoms with E-state index in [1.807, 2.05) is 24.1 Å². The molecule has 86 valence electrons. The third kappa shape index (κ3) is 2.01. The molecule has 16 heavy (non-hydrogen) atoms. The first kappa shape index (κ1) is 10.9. The average molecular weight is 219 g/mol. The van der Waals surface area contributed by atoms with Gasteiger partial charge in [0.25, 0.3) is 0 Å². The molecule has 1 aliphatic heterocycles. The van der Waals surface area contributed by atoms with Crippen LogP contribution in [-0.4, -0.2) is 29.9 Å². The first-order valence-corrected chi connectivity index (χ1v) is 5.70. The molecule has 0 aliphatic carbocycles. The summed E-state index contributed by atoms with van der Waals surface area (Å²) in [6.45, 7) is 0.853. The molecule has 0 unspecified atom stereocenters. The minimum atomic E-state index is 0.183. The Morgan fingerprint density at radius 2 is 2.44 bits per heavy atom. The lowest BCUT2D eigenvalue weighted by Gasteiger charge is -2.33. The quantitative estimate of drug-likeness (QED) is 0.788. The molecule has 0 radical (unpaired) electrons. The molecule has 2 rings (SSSR count). The molecule has 1 N–H and O–H groups in total. The Hall–Kier alpha value is -1.58. The summed E-state index contributed by atoms with van der Waals surface area (Å²) in [7, 11) is 1.86. The molecule has 4 nitrogen and oxygen atoms in total. The number of nitrogens with one attached hydrogen (secondary N) is 1. The van der Waals surface area contributed by atoms with Crippen LogP contribution in [0.1, 0.15) is 30.9 Å². The number of aromatic nitrogens is 1. The summed E-state index contributed by atoms with van der Waals surface area (Å²) < 4.78 is 0. The lowest BCUT2D eigenvalue weighted by Crippen LogP contribution is -2.32. The maximum absolute atomic E-state index is 11.0. The van der Waals surface area contributed by atoms with E-state index >= 15 is 0 Å². The number of carbonyl (C=O) groups is 1. The third-order valence-electron chi connectivity index (χ3n) is 3.11. The van der Waals surface area contributed by atoms with E-state index in [0.29, 0.717) is 0 Å². The molecule has 1 aromatic rings. The highest BCUT2D eigenvalue weighted by Gasteiger charge is 2.24. The Morgan fingerprint density at radius 3 is 3.19 bits per heavy atom. The molecule has 1 fully saturated rings. The second-order valence-corrected chi connectivity index (χ2v) is 4.05. The van der Waals surface area contributed by atoms with Crippen molar-refractivity contribution in [3.63, 3.8) is 0 Å². The van der Waals surface area contributed by atoms with Crippen LogP contribution in [0.2, 0.25) is 0 Å². The molecular weight excluding hydrogens is 202 g/mol. The number of hydrogen-bond acceptors (Lipinski definition) is 3. The van der Waals surface area contributed by atoms with Crippen molar-refractivity contribution in [2.75, 3.05) is 18.9 Å². The van der Waals surface area contributed by atoms with Gasteiger partial charge in [0, 0.05) is 25.4 Å². The molecular formula is C12H17N3O. The summed E-state index contributed by atoms with van der Waals surface area (Å²) in [5.41, 5.74) is 1.12. The topological polar surface area (TPSA) is 45.2 Å². The van der Waals surface area contributed by atoms with Crippen LogP contribution in [0.15, 0.2) is 18.3 Å². The second kappa shape index (κ2) is 4.96. The summed E-state index contributed by atoms with van der Waals surface area (Å²) in [6, 6.07) is 4.15. The zero-order valence-electron chi connectivity index (χ0n) is 9.52. The maximum Gasteiger partial charge on any atom is 0.210 e. The van der Waals surface area contributed by atoms with E-state index in [2.05, 4.69) is 10.3 Å². The number of carbonyl (C=O) groups excluding carboxylic acids is 1. The molecule has 1 aliphatic rings. The lowest BCUT2D eigenvalue weighted by atomic mass is 9.96. The molecule has 0 bridgehead atoms. The smallest absolute Gasteiger partial charge is 0.210 e. The van der Waals surface area contributed by atoms with Crippen molar-refractivity contribution < 1.29 is 4.79 Å². The molecule has 1 saturated heterocycles. The van der Waals surface area contributed by atoms with Gasteiger partial charge >= 0.3 is 0 Å². The van der Waals surface area contributed by atoms with Crippen LogP contribution in [0.4, 0.5) is 5.82 Å². The van der Waals surface area contributed by atoms with Crippen LogP contribution in [0.25, 0.3) is 0 Å². The van der Waals surface area contributed by atoms with Crippen molar-refractivity contribution in [3.8, 4) is 0 Å². The number of nitrogens with zero attached hydrogens (tertiary/aromatic N) is 2. The van der Waals surface area contributed by atoms with Crippen LogP contribution in [0, 0.1) is 0 Å². The summed E-state index contributed by atoms with van der Waals surface area (Å²) in [5, 5.41) is 3.08. The predicted molar refractivity (Wildman–Crippen MR) is 63.1 cm³/mol. The van der Waals surface area contributed by atoms with Crippen molar-refractivity contribution in [1.82, 2.24) is 9.88 Å². The van der Waals surface area contributed by atoms with Gasteiger partial charge in [0.05, 0.1) is 6.04 Å². The van der Waals surface area contributed by atoms with E-state index in [9.17, 15) is 4.79 Å². The van der Waals surface area contributed by atoms with Crippen LogP contribution in [0.5, 0.6) is 0 Å². The molecule has 1 atom stereocenters. The fraction of sp³-hybridized carbons (Fsp3) is 0.500. The Kier molecular flexibility index (Phi) is 3.39. The van der Waals surface area contributed by atoms with E-state index in [0.717, 1.165) is 37.2 Å². The SMILES string of the molecule is CNc1ncccc1[C@H]1CCCCN1C=O. The lowest BCUT2D eigenvalue weighted by molar-refractivity contribution is -0.121. The molecule has 2 heterocycles. The third-order valence-corrected chi connectivity index (χ3v) is 3.11. The highest BCUT2D eigenvalue weighted by molar-refractivity contribution is 5.52. The van der Waals surface area contributed by atoms with Crippen molar-refractivity contribution in [1.29, 1.82) is 0 Å². The minimum absolute atomic E-state index is 0.183. The van der Waals surface area contributed by atoms with Gasteiger partial charge in [-0.15, -0.1) is 0 Å². The number of likely N-dealkylation sites (tertiary alicyclic amines) is 1. The normalized spacial score (nSPS) is 20.6. The highest BCUT2D eigenvalue weighted by atomic mass is 16.1. The zero-order valence-corrected chi connectivity index (χ0v) is 9.52. The van der Waals surface area contributed by atoms with Crippen molar-refractivity contribution in [2.24, 2.45) is 0 Å². The van der Waals surface area contributed by atoms with Crippen LogP contribution < -0.4 is 5.32 Å². The average Bonchev–Trinajstić information content (AvgIpc) is 2.38. The molecule has 0 spiro atoms. The predicted octanol–water partition coefficient (Wildman–Crippen LogP) is 1.81. The molecule has 0 saturated carbocycles. The monoisotopic (exact) mass is 219 g/mol. The van der Waals surface area contributed by atoms with Gasteiger partial charge in [-0.05, 0) is 25.3 Å². The van der Waals surface area contributed by atoms with E-state index in [-0.39, 0.29) is 6.04 Å². The van der Waals surface area contributed by atoms with Gasteiger partial charge in [-0.3, -0.25) is 4.79 Å². The Morgan fingerprint density at radius 1 is 1.56 bits per heavy atom. The fourth-order valence-electron chi connectivity index (χ4n) is 2.31. The van der Waals surface area contributed by atoms with Gasteiger partial charge in [0.15, 0.2) is 0 Å². The molecule has 1 aromatic heterocycles. The molecule has 0 aromatic carbocycles. The van der Waals surface area contributed by atoms with E-state index in [4.69, 9.17) is 0 Å². The number of amides is 1. The Labute approximate surface area is 95.7 Å². The number of anilines is 1. The highest BCUT2D eigenvalue weighted by Crippen LogP contribution is 2.32. The fourth-order valence-corrected chi connectivity index (χ4v) is 2.31. The Bertz CT molecular complexity index is 367. The van der Waals surface area contributed by atoms with Gasteiger partial charge in [-0.1, -0.05) is 6.07 Å². The summed E-state index contributed by atoms with van der Waals surface area (Å²) in [6.07, 6.45) is 6.02. The summed E-state index contributed by atoms with van der Waals surface area (Å²) in [4.78, 5) is 17.2. The van der Waals surface area contributed by atoms with Gasteiger partial charge < -0.3 is 10.2 Å². The van der Waals surface area contributed by atoms with E-state index in [1.54, 1.807) is 6.20 Å². The van der Waals surface area contributed by atoms with Crippen LogP contribution in [-0.2, 0) is 4.79 Å². The van der Waals surface area contributed by atoms with Crippen molar-refractivity contribution >= 4 is 12.2 Å². The molecule has 1 amide bonds. The molecule has 4 heteroatoms. The standard InChI is InChI=1S/C12H17N3O/c1-13-12-10(5-4-7-14-12)11-6-2-3-8-15(11)9-16/h4-5,7,9,11H,2-3,6,8H2,1H3,(H,13,14)/t11-/m1/s1. The Balaban J connectivity index is 2.30. The largest absolute Gasteiger partial charge is 0.373 e. The van der Waals surface area contributed by atoms with Gasteiger partial charge in [0.1, 0.15) is 5.82 Å². The first-order valence-electron chi connectivity index (χ1n) is 5.70. The van der Waals surface area contributed by atoms with Crippen LogP contribution in [0.3, 0.4) is 0 Å². The van der Waals surface area contributed by atoms with Gasteiger partial charge in [0.2, 0.25) is 6.41 Å². The minimum Gasteiger partial charge on any atom is -0.373 e. The number of rotatable bonds is 3. The van der Waals surface area contributed by atoms with Gasteiger partial charge in [-0.2, -0.15) is 0 Å². The van der Waals surface area contributed by atoms with Crippen molar-refractivity contribution in [3.05, 3.63) is 23.9 Å². The maximum atomic E-state index is 11.0. The second-order valence-electron chi connectivity index (χ2n) is 4.05. The van der Waals surface area contributed by atoms with E-state index < -0.39 is 0 Å². The first-order chi connectivity index (χ1) is 7.86. The zero-order chi connectivity index (χ0) is 11.4. The number of piperidine rings is 1. The van der Waals surface area contributed by atoms with Crippen molar-refractivity contribution in [2.45, 2.75) is 25.3 Å².